The third-order valence-corrected chi connectivity index (χ3v) is 3.28. The second-order valence-corrected chi connectivity index (χ2v) is 4.68. The Morgan fingerprint density at radius 1 is 1.05 bits per heavy atom. The molecule has 3 nitrogen and oxygen atoms in total. The molecule has 0 saturated carbocycles. The van der Waals surface area contributed by atoms with E-state index in [-0.39, 0.29) is 5.82 Å². The highest BCUT2D eigenvalue weighted by molar-refractivity contribution is 5.75. The lowest BCUT2D eigenvalue weighted by molar-refractivity contribution is -0.138. The minimum absolute atomic E-state index is 0.366. The van der Waals surface area contributed by atoms with Crippen LogP contribution in [0.2, 0.25) is 0 Å². The molecule has 2 rings (SSSR count). The molecule has 2 aromatic rings. The first-order chi connectivity index (χ1) is 9.49. The highest BCUT2D eigenvalue weighted by atomic mass is 19.1. The number of rotatable bonds is 4. The van der Waals surface area contributed by atoms with Crippen LogP contribution in [0.1, 0.15) is 35.6 Å². The van der Waals surface area contributed by atoms with Crippen LogP contribution >= 0.6 is 0 Å². The van der Waals surface area contributed by atoms with Crippen LogP contribution < -0.4 is 0 Å². The van der Waals surface area contributed by atoms with Gasteiger partial charge in [-0.25, -0.2) is 4.39 Å². The zero-order chi connectivity index (χ0) is 14.7. The quantitative estimate of drug-likeness (QED) is 0.900. The molecule has 0 aromatic heterocycles. The summed E-state index contributed by atoms with van der Waals surface area (Å²) in [6.45, 7) is 1.59. The standard InChI is InChI=1S/C16H15FO3/c1-10(16(19)20)12-3-2-4-13(9-12)15(18)11-5-7-14(17)8-6-11/h2-10,15,18H,1H3,(H,19,20). The number of benzene rings is 2. The molecule has 2 unspecified atom stereocenters. The van der Waals surface area contributed by atoms with Crippen molar-refractivity contribution in [2.24, 2.45) is 0 Å². The number of hydrogen-bond acceptors (Lipinski definition) is 2. The van der Waals surface area contributed by atoms with Gasteiger partial charge in [0.15, 0.2) is 0 Å². The normalized spacial score (nSPS) is 13.8. The van der Waals surface area contributed by atoms with Crippen LogP contribution in [0.15, 0.2) is 48.5 Å². The molecule has 0 saturated heterocycles. The summed E-state index contributed by atoms with van der Waals surface area (Å²) >= 11 is 0. The number of halogens is 1. The Morgan fingerprint density at radius 3 is 2.25 bits per heavy atom. The van der Waals surface area contributed by atoms with Crippen molar-refractivity contribution in [1.29, 1.82) is 0 Å². The zero-order valence-electron chi connectivity index (χ0n) is 11.0. The van der Waals surface area contributed by atoms with E-state index in [0.717, 1.165) is 0 Å². The number of aliphatic carboxylic acids is 1. The van der Waals surface area contributed by atoms with Crippen LogP contribution in [0.4, 0.5) is 4.39 Å². The Hall–Kier alpha value is -2.20. The average molecular weight is 274 g/mol. The molecule has 0 amide bonds. The van der Waals surface area contributed by atoms with Crippen molar-refractivity contribution >= 4 is 5.97 Å². The molecule has 0 radical (unpaired) electrons. The van der Waals surface area contributed by atoms with Crippen LogP contribution in [0.3, 0.4) is 0 Å². The van der Waals surface area contributed by atoms with Gasteiger partial charge in [0.2, 0.25) is 0 Å². The Balaban J connectivity index is 2.30. The summed E-state index contributed by atoms with van der Waals surface area (Å²) < 4.78 is 12.9. The van der Waals surface area contributed by atoms with Gasteiger partial charge >= 0.3 is 5.97 Å². The van der Waals surface area contributed by atoms with Crippen molar-refractivity contribution in [2.75, 3.05) is 0 Å². The molecule has 0 heterocycles. The first-order valence-corrected chi connectivity index (χ1v) is 6.25. The maximum absolute atomic E-state index is 12.9. The number of carbonyl (C=O) groups is 1. The van der Waals surface area contributed by atoms with Crippen LogP contribution in [0, 0.1) is 5.82 Å². The van der Waals surface area contributed by atoms with Crippen LogP contribution in [0.5, 0.6) is 0 Å². The van der Waals surface area contributed by atoms with E-state index in [2.05, 4.69) is 0 Å². The van der Waals surface area contributed by atoms with Gasteiger partial charge in [-0.2, -0.15) is 0 Å². The first-order valence-electron chi connectivity index (χ1n) is 6.25. The van der Waals surface area contributed by atoms with Gasteiger partial charge < -0.3 is 10.2 Å². The molecule has 4 heteroatoms. The lowest BCUT2D eigenvalue weighted by Crippen LogP contribution is -2.08. The SMILES string of the molecule is CC(C(=O)O)c1cccc(C(O)c2ccc(F)cc2)c1. The topological polar surface area (TPSA) is 57.5 Å². The van der Waals surface area contributed by atoms with Gasteiger partial charge in [-0.1, -0.05) is 36.4 Å². The molecule has 20 heavy (non-hydrogen) atoms. The van der Waals surface area contributed by atoms with Crippen LogP contribution in [-0.4, -0.2) is 16.2 Å². The van der Waals surface area contributed by atoms with Crippen LogP contribution in [0.25, 0.3) is 0 Å². The maximum Gasteiger partial charge on any atom is 0.310 e. The van der Waals surface area contributed by atoms with Crippen molar-refractivity contribution in [3.8, 4) is 0 Å². The predicted octanol–water partition coefficient (Wildman–Crippen LogP) is 3.10. The Bertz CT molecular complexity index is 607. The van der Waals surface area contributed by atoms with Gasteiger partial charge in [-0.05, 0) is 35.7 Å². The summed E-state index contributed by atoms with van der Waals surface area (Å²) in [5, 5.41) is 19.3. The van der Waals surface area contributed by atoms with Gasteiger partial charge in [0.25, 0.3) is 0 Å². The van der Waals surface area contributed by atoms with E-state index in [1.165, 1.54) is 24.3 Å². The second-order valence-electron chi connectivity index (χ2n) is 4.68. The van der Waals surface area contributed by atoms with Crippen molar-refractivity contribution in [2.45, 2.75) is 18.9 Å². The number of carboxylic acids is 1. The molecule has 0 spiro atoms. The summed E-state index contributed by atoms with van der Waals surface area (Å²) in [5.74, 6) is -1.93. The number of aliphatic hydroxyl groups excluding tert-OH is 1. The van der Waals surface area contributed by atoms with Crippen molar-refractivity contribution in [3.05, 3.63) is 71.0 Å². The molecular weight excluding hydrogens is 259 g/mol. The van der Waals surface area contributed by atoms with E-state index in [9.17, 15) is 14.3 Å². The van der Waals surface area contributed by atoms with E-state index in [0.29, 0.717) is 16.7 Å². The van der Waals surface area contributed by atoms with Gasteiger partial charge in [0, 0.05) is 0 Å². The summed E-state index contributed by atoms with van der Waals surface area (Å²) in [5.41, 5.74) is 1.77. The zero-order valence-corrected chi connectivity index (χ0v) is 11.0. The molecular formula is C16H15FO3. The van der Waals surface area contributed by atoms with E-state index < -0.39 is 18.0 Å². The predicted molar refractivity (Wildman–Crippen MR) is 73.0 cm³/mol. The van der Waals surface area contributed by atoms with Gasteiger partial charge in [-0.3, -0.25) is 4.79 Å². The minimum atomic E-state index is -0.918. The van der Waals surface area contributed by atoms with E-state index >= 15 is 0 Å². The van der Waals surface area contributed by atoms with Crippen molar-refractivity contribution in [1.82, 2.24) is 0 Å². The Labute approximate surface area is 116 Å². The van der Waals surface area contributed by atoms with Crippen LogP contribution in [-0.2, 0) is 4.79 Å². The maximum atomic E-state index is 12.9. The van der Waals surface area contributed by atoms with E-state index in [1.807, 2.05) is 0 Å². The molecule has 104 valence electrons. The average Bonchev–Trinajstić information content (AvgIpc) is 2.46. The molecule has 2 aromatic carbocycles. The number of aliphatic hydroxyl groups is 1. The van der Waals surface area contributed by atoms with Gasteiger partial charge in [0.1, 0.15) is 11.9 Å². The van der Waals surface area contributed by atoms with E-state index in [4.69, 9.17) is 5.11 Å². The molecule has 0 aliphatic heterocycles. The number of carboxylic acid groups (broad SMARTS) is 1. The minimum Gasteiger partial charge on any atom is -0.481 e. The summed E-state index contributed by atoms with van der Waals surface area (Å²) in [6.07, 6.45) is -0.906. The largest absolute Gasteiger partial charge is 0.481 e. The third kappa shape index (κ3) is 3.03. The third-order valence-electron chi connectivity index (χ3n) is 3.28. The van der Waals surface area contributed by atoms with E-state index in [1.54, 1.807) is 31.2 Å². The molecule has 0 aliphatic carbocycles. The molecule has 0 bridgehead atoms. The fourth-order valence-corrected chi connectivity index (χ4v) is 1.98. The summed E-state index contributed by atoms with van der Waals surface area (Å²) in [6, 6.07) is 12.4. The highest BCUT2D eigenvalue weighted by Gasteiger charge is 2.16. The smallest absolute Gasteiger partial charge is 0.310 e. The molecule has 0 fully saturated rings. The van der Waals surface area contributed by atoms with Gasteiger partial charge in [0.05, 0.1) is 5.92 Å². The Kier molecular flexibility index (Phi) is 4.15. The molecule has 0 aliphatic rings. The summed E-state index contributed by atoms with van der Waals surface area (Å²) in [7, 11) is 0. The lowest BCUT2D eigenvalue weighted by atomic mass is 9.95. The second kappa shape index (κ2) is 5.84. The monoisotopic (exact) mass is 274 g/mol. The van der Waals surface area contributed by atoms with Crippen molar-refractivity contribution < 1.29 is 19.4 Å². The Morgan fingerprint density at radius 2 is 1.65 bits per heavy atom. The first kappa shape index (κ1) is 14.2. The molecule has 2 N–H and O–H groups in total. The van der Waals surface area contributed by atoms with Crippen molar-refractivity contribution in [3.63, 3.8) is 0 Å². The lowest BCUT2D eigenvalue weighted by Gasteiger charge is -2.14. The fourth-order valence-electron chi connectivity index (χ4n) is 1.98. The fraction of sp³-hybridized carbons (Fsp3) is 0.188. The number of hydrogen-bond donors (Lipinski definition) is 2. The highest BCUT2D eigenvalue weighted by Crippen LogP contribution is 2.25. The summed E-state index contributed by atoms with van der Waals surface area (Å²) in [4.78, 5) is 11.0. The molecule has 2 atom stereocenters. The van der Waals surface area contributed by atoms with Gasteiger partial charge in [-0.15, -0.1) is 0 Å².